The standard InChI is InChI=1S/C24H22BrN3O3/c1-31-22-12-11-19(25)13-18(22)14-21(28-23(29)16-7-3-2-4-8-16)24(30)27-15-17-9-5-6-10-20(17)26/h2-14H,15,26H2,1H3,(H,27,30)(H,28,29). The molecule has 158 valence electrons. The van der Waals surface area contributed by atoms with Crippen molar-refractivity contribution in [2.45, 2.75) is 6.54 Å². The van der Waals surface area contributed by atoms with Crippen LogP contribution in [0.1, 0.15) is 21.5 Å². The van der Waals surface area contributed by atoms with Gasteiger partial charge in [0.25, 0.3) is 11.8 Å². The Hall–Kier alpha value is -3.58. The lowest BCUT2D eigenvalue weighted by Gasteiger charge is -2.13. The molecule has 4 N–H and O–H groups in total. The number of nitrogen functional groups attached to an aromatic ring is 1. The summed E-state index contributed by atoms with van der Waals surface area (Å²) in [7, 11) is 1.54. The molecule has 0 saturated carbocycles. The summed E-state index contributed by atoms with van der Waals surface area (Å²) in [4.78, 5) is 25.7. The number of hydrogen-bond acceptors (Lipinski definition) is 4. The van der Waals surface area contributed by atoms with Crippen molar-refractivity contribution in [3.63, 3.8) is 0 Å². The summed E-state index contributed by atoms with van der Waals surface area (Å²) in [5, 5.41) is 5.53. The average Bonchev–Trinajstić information content (AvgIpc) is 2.78. The van der Waals surface area contributed by atoms with Crippen molar-refractivity contribution in [2.75, 3.05) is 12.8 Å². The number of carbonyl (C=O) groups is 2. The summed E-state index contributed by atoms with van der Waals surface area (Å²) < 4.78 is 6.20. The average molecular weight is 480 g/mol. The van der Waals surface area contributed by atoms with Gasteiger partial charge in [0, 0.05) is 27.8 Å². The van der Waals surface area contributed by atoms with E-state index < -0.39 is 11.8 Å². The van der Waals surface area contributed by atoms with Crippen molar-refractivity contribution in [3.05, 3.63) is 99.7 Å². The fraction of sp³-hybridized carbons (Fsp3) is 0.0833. The van der Waals surface area contributed by atoms with Crippen LogP contribution in [0.25, 0.3) is 6.08 Å². The number of nitrogens with two attached hydrogens (primary N) is 1. The Labute approximate surface area is 189 Å². The van der Waals surface area contributed by atoms with Gasteiger partial charge in [0.15, 0.2) is 0 Å². The minimum absolute atomic E-state index is 0.0831. The Morgan fingerprint density at radius 1 is 1.03 bits per heavy atom. The van der Waals surface area contributed by atoms with Gasteiger partial charge in [-0.3, -0.25) is 9.59 Å². The van der Waals surface area contributed by atoms with Gasteiger partial charge < -0.3 is 21.1 Å². The number of anilines is 1. The number of amides is 2. The topological polar surface area (TPSA) is 93.4 Å². The first-order chi connectivity index (χ1) is 15.0. The monoisotopic (exact) mass is 479 g/mol. The van der Waals surface area contributed by atoms with Crippen LogP contribution in [-0.2, 0) is 11.3 Å². The van der Waals surface area contributed by atoms with Crippen LogP contribution in [0.4, 0.5) is 5.69 Å². The molecule has 3 rings (SSSR count). The fourth-order valence-electron chi connectivity index (χ4n) is 2.88. The largest absolute Gasteiger partial charge is 0.496 e. The molecule has 0 saturated heterocycles. The van der Waals surface area contributed by atoms with E-state index in [1.54, 1.807) is 55.7 Å². The van der Waals surface area contributed by atoms with Gasteiger partial charge in [-0.2, -0.15) is 0 Å². The van der Waals surface area contributed by atoms with Crippen molar-refractivity contribution in [1.82, 2.24) is 10.6 Å². The van der Waals surface area contributed by atoms with Gasteiger partial charge in [0.05, 0.1) is 7.11 Å². The maximum atomic E-state index is 13.0. The first-order valence-corrected chi connectivity index (χ1v) is 10.3. The van der Waals surface area contributed by atoms with Crippen molar-refractivity contribution in [3.8, 4) is 5.75 Å². The summed E-state index contributed by atoms with van der Waals surface area (Å²) in [6.45, 7) is 0.222. The van der Waals surface area contributed by atoms with Crippen molar-refractivity contribution in [1.29, 1.82) is 0 Å². The number of methoxy groups -OCH3 is 1. The lowest BCUT2D eigenvalue weighted by Crippen LogP contribution is -2.34. The molecule has 0 spiro atoms. The second-order valence-corrected chi connectivity index (χ2v) is 7.56. The lowest BCUT2D eigenvalue weighted by molar-refractivity contribution is -0.117. The number of nitrogens with one attached hydrogen (secondary N) is 2. The SMILES string of the molecule is COc1ccc(Br)cc1C=C(NC(=O)c1ccccc1)C(=O)NCc1ccccc1N. The molecule has 31 heavy (non-hydrogen) atoms. The minimum atomic E-state index is -0.449. The maximum absolute atomic E-state index is 13.0. The molecule has 0 heterocycles. The molecular weight excluding hydrogens is 458 g/mol. The number of ether oxygens (including phenoxy) is 1. The molecule has 0 aliphatic rings. The number of hydrogen-bond donors (Lipinski definition) is 3. The first kappa shape index (κ1) is 22.1. The van der Waals surface area contributed by atoms with Crippen LogP contribution in [0.5, 0.6) is 5.75 Å². The summed E-state index contributed by atoms with van der Waals surface area (Å²) in [6.07, 6.45) is 1.58. The third-order valence-electron chi connectivity index (χ3n) is 4.51. The second kappa shape index (κ2) is 10.4. The molecule has 0 aromatic heterocycles. The predicted octanol–water partition coefficient (Wildman–Crippen LogP) is 4.13. The number of benzene rings is 3. The summed E-state index contributed by atoms with van der Waals surface area (Å²) in [5.41, 5.74) is 8.48. The van der Waals surface area contributed by atoms with E-state index in [0.29, 0.717) is 22.6 Å². The van der Waals surface area contributed by atoms with Crippen LogP contribution in [-0.4, -0.2) is 18.9 Å². The van der Waals surface area contributed by atoms with E-state index in [1.165, 1.54) is 0 Å². The second-order valence-electron chi connectivity index (χ2n) is 6.65. The molecule has 0 aliphatic carbocycles. The molecule has 0 fully saturated rings. The Bertz CT molecular complexity index is 1110. The van der Waals surface area contributed by atoms with Crippen LogP contribution < -0.4 is 21.1 Å². The number of halogens is 1. The highest BCUT2D eigenvalue weighted by molar-refractivity contribution is 9.10. The Morgan fingerprint density at radius 3 is 2.45 bits per heavy atom. The third kappa shape index (κ3) is 5.96. The van der Waals surface area contributed by atoms with Gasteiger partial charge in [0.1, 0.15) is 11.4 Å². The van der Waals surface area contributed by atoms with Gasteiger partial charge in [0.2, 0.25) is 0 Å². The van der Waals surface area contributed by atoms with Gasteiger partial charge in [-0.25, -0.2) is 0 Å². The molecule has 6 nitrogen and oxygen atoms in total. The van der Waals surface area contributed by atoms with E-state index >= 15 is 0 Å². The highest BCUT2D eigenvalue weighted by atomic mass is 79.9. The Morgan fingerprint density at radius 2 is 1.74 bits per heavy atom. The van der Waals surface area contributed by atoms with E-state index in [2.05, 4.69) is 26.6 Å². The van der Waals surface area contributed by atoms with E-state index in [0.717, 1.165) is 10.0 Å². The Kier molecular flexibility index (Phi) is 7.45. The van der Waals surface area contributed by atoms with Gasteiger partial charge in [-0.1, -0.05) is 52.3 Å². The smallest absolute Gasteiger partial charge is 0.268 e. The third-order valence-corrected chi connectivity index (χ3v) is 5.01. The number of carbonyl (C=O) groups excluding carboxylic acids is 2. The van der Waals surface area contributed by atoms with E-state index in [1.807, 2.05) is 30.3 Å². The molecular formula is C24H22BrN3O3. The highest BCUT2D eigenvalue weighted by Gasteiger charge is 2.16. The van der Waals surface area contributed by atoms with E-state index in [-0.39, 0.29) is 12.2 Å². The van der Waals surface area contributed by atoms with Crippen molar-refractivity contribution in [2.24, 2.45) is 0 Å². The summed E-state index contributed by atoms with van der Waals surface area (Å²) >= 11 is 3.42. The molecule has 7 heteroatoms. The molecule has 0 unspecified atom stereocenters. The molecule has 0 aliphatic heterocycles. The van der Waals surface area contributed by atoms with E-state index in [9.17, 15) is 9.59 Å². The summed E-state index contributed by atoms with van der Waals surface area (Å²) in [6, 6.07) is 21.4. The van der Waals surface area contributed by atoms with Crippen LogP contribution in [0, 0.1) is 0 Å². The van der Waals surface area contributed by atoms with Crippen molar-refractivity contribution >= 4 is 39.5 Å². The zero-order chi connectivity index (χ0) is 22.2. The lowest BCUT2D eigenvalue weighted by atomic mass is 10.1. The number of rotatable bonds is 7. The van der Waals surface area contributed by atoms with Crippen molar-refractivity contribution < 1.29 is 14.3 Å². The van der Waals surface area contributed by atoms with Gasteiger partial charge in [-0.05, 0) is 48.0 Å². The normalized spacial score (nSPS) is 11.0. The minimum Gasteiger partial charge on any atom is -0.496 e. The van der Waals surface area contributed by atoms with Crippen LogP contribution in [0.2, 0.25) is 0 Å². The molecule has 2 amide bonds. The number of para-hydroxylation sites is 1. The van der Waals surface area contributed by atoms with Crippen LogP contribution >= 0.6 is 15.9 Å². The van der Waals surface area contributed by atoms with Gasteiger partial charge >= 0.3 is 0 Å². The zero-order valence-electron chi connectivity index (χ0n) is 16.9. The zero-order valence-corrected chi connectivity index (χ0v) is 18.5. The van der Waals surface area contributed by atoms with Crippen LogP contribution in [0.15, 0.2) is 83.0 Å². The first-order valence-electron chi connectivity index (χ1n) is 9.51. The molecule has 0 atom stereocenters. The highest BCUT2D eigenvalue weighted by Crippen LogP contribution is 2.25. The van der Waals surface area contributed by atoms with Gasteiger partial charge in [-0.15, -0.1) is 0 Å². The quantitative estimate of drug-likeness (QED) is 0.350. The molecule has 3 aromatic rings. The maximum Gasteiger partial charge on any atom is 0.268 e. The molecule has 0 bridgehead atoms. The fourth-order valence-corrected chi connectivity index (χ4v) is 3.26. The molecule has 0 radical (unpaired) electrons. The molecule has 3 aromatic carbocycles. The van der Waals surface area contributed by atoms with Crippen LogP contribution in [0.3, 0.4) is 0 Å². The van der Waals surface area contributed by atoms with E-state index in [4.69, 9.17) is 10.5 Å². The summed E-state index contributed by atoms with van der Waals surface area (Å²) in [5.74, 6) is -0.278. The predicted molar refractivity (Wildman–Crippen MR) is 125 cm³/mol. The Balaban J connectivity index is 1.90.